The van der Waals surface area contributed by atoms with Crippen LogP contribution in [0.15, 0.2) is 30.9 Å². The summed E-state index contributed by atoms with van der Waals surface area (Å²) in [6.07, 6.45) is 4.09. The summed E-state index contributed by atoms with van der Waals surface area (Å²) < 4.78 is 28.7. The zero-order valence-electron chi connectivity index (χ0n) is 14.1. The third kappa shape index (κ3) is 4.12. The van der Waals surface area contributed by atoms with Gasteiger partial charge in [0.2, 0.25) is 5.91 Å². The van der Waals surface area contributed by atoms with Crippen LogP contribution in [0.5, 0.6) is 0 Å². The van der Waals surface area contributed by atoms with E-state index in [2.05, 4.69) is 10.1 Å². The standard InChI is InChI=1S/C17H21F2N5O/c1-13-4-6-22(16-3-2-14(18)10-15(16)19)8-9-24(13)17(25)5-7-23-12-20-11-21-23/h2-3,10-13H,4-9H2,1H3. The third-order valence-corrected chi connectivity index (χ3v) is 4.55. The van der Waals surface area contributed by atoms with Crippen molar-refractivity contribution < 1.29 is 13.6 Å². The number of carbonyl (C=O) groups is 1. The minimum atomic E-state index is -0.589. The fourth-order valence-electron chi connectivity index (χ4n) is 3.11. The van der Waals surface area contributed by atoms with Gasteiger partial charge in [0, 0.05) is 38.2 Å². The van der Waals surface area contributed by atoms with Crippen LogP contribution in [0.4, 0.5) is 14.5 Å². The molecule has 1 saturated heterocycles. The van der Waals surface area contributed by atoms with Gasteiger partial charge in [-0.15, -0.1) is 0 Å². The topological polar surface area (TPSA) is 54.3 Å². The van der Waals surface area contributed by atoms with Crippen LogP contribution < -0.4 is 4.90 Å². The van der Waals surface area contributed by atoms with Gasteiger partial charge in [0.25, 0.3) is 0 Å². The zero-order valence-corrected chi connectivity index (χ0v) is 14.1. The number of nitrogens with zero attached hydrogens (tertiary/aromatic N) is 5. The molecule has 3 rings (SSSR count). The molecule has 1 amide bonds. The maximum atomic E-state index is 14.0. The molecule has 0 saturated carbocycles. The summed E-state index contributed by atoms with van der Waals surface area (Å²) in [4.78, 5) is 20.1. The van der Waals surface area contributed by atoms with Gasteiger partial charge in [-0.2, -0.15) is 5.10 Å². The van der Waals surface area contributed by atoms with Crippen LogP contribution in [-0.2, 0) is 11.3 Å². The van der Waals surface area contributed by atoms with E-state index in [9.17, 15) is 13.6 Å². The molecule has 1 aromatic heterocycles. The predicted molar refractivity (Wildman–Crippen MR) is 89.0 cm³/mol. The van der Waals surface area contributed by atoms with Crippen molar-refractivity contribution in [2.24, 2.45) is 0 Å². The molecule has 0 aliphatic carbocycles. The lowest BCUT2D eigenvalue weighted by Gasteiger charge is -2.27. The summed E-state index contributed by atoms with van der Waals surface area (Å²) in [6, 6.07) is 3.67. The molecule has 0 radical (unpaired) electrons. The third-order valence-electron chi connectivity index (χ3n) is 4.55. The minimum absolute atomic E-state index is 0.0458. The van der Waals surface area contributed by atoms with E-state index >= 15 is 0 Å². The first-order valence-electron chi connectivity index (χ1n) is 8.36. The number of benzene rings is 1. The van der Waals surface area contributed by atoms with E-state index in [0.717, 1.165) is 12.5 Å². The predicted octanol–water partition coefficient (Wildman–Crippen LogP) is 2.07. The van der Waals surface area contributed by atoms with Gasteiger partial charge in [-0.25, -0.2) is 13.8 Å². The number of hydrogen-bond acceptors (Lipinski definition) is 4. The Hall–Kier alpha value is -2.51. The zero-order chi connectivity index (χ0) is 17.8. The Morgan fingerprint density at radius 1 is 1.28 bits per heavy atom. The summed E-state index contributed by atoms with van der Waals surface area (Å²) in [5.41, 5.74) is 0.380. The Labute approximate surface area is 145 Å². The summed E-state index contributed by atoms with van der Waals surface area (Å²) >= 11 is 0. The summed E-state index contributed by atoms with van der Waals surface area (Å²) in [5.74, 6) is -1.11. The first-order chi connectivity index (χ1) is 12.0. The molecule has 1 aliphatic heterocycles. The van der Waals surface area contributed by atoms with Gasteiger partial charge in [-0.3, -0.25) is 9.48 Å². The Balaban J connectivity index is 1.63. The smallest absolute Gasteiger partial charge is 0.224 e. The van der Waals surface area contributed by atoms with Gasteiger partial charge >= 0.3 is 0 Å². The number of anilines is 1. The number of amides is 1. The molecule has 25 heavy (non-hydrogen) atoms. The molecule has 1 unspecified atom stereocenters. The van der Waals surface area contributed by atoms with Crippen molar-refractivity contribution in [2.45, 2.75) is 32.4 Å². The molecule has 1 atom stereocenters. The average molecular weight is 349 g/mol. The van der Waals surface area contributed by atoms with Crippen LogP contribution >= 0.6 is 0 Å². The van der Waals surface area contributed by atoms with Crippen molar-refractivity contribution in [1.29, 1.82) is 0 Å². The Morgan fingerprint density at radius 3 is 2.84 bits per heavy atom. The molecule has 6 nitrogen and oxygen atoms in total. The van der Waals surface area contributed by atoms with Crippen molar-refractivity contribution in [3.05, 3.63) is 42.5 Å². The SMILES string of the molecule is CC1CCN(c2ccc(F)cc2F)CCN1C(=O)CCn1cncn1. The quantitative estimate of drug-likeness (QED) is 0.848. The Kier molecular flexibility index (Phi) is 5.25. The van der Waals surface area contributed by atoms with E-state index in [1.807, 2.05) is 16.7 Å². The van der Waals surface area contributed by atoms with Crippen LogP contribution in [0.2, 0.25) is 0 Å². The van der Waals surface area contributed by atoms with Gasteiger partial charge in [0.1, 0.15) is 24.3 Å². The van der Waals surface area contributed by atoms with Crippen LogP contribution in [0, 0.1) is 11.6 Å². The highest BCUT2D eigenvalue weighted by Crippen LogP contribution is 2.23. The first-order valence-corrected chi connectivity index (χ1v) is 8.36. The molecule has 2 heterocycles. The molecule has 134 valence electrons. The molecule has 1 aromatic carbocycles. The largest absolute Gasteiger partial charge is 0.367 e. The van der Waals surface area contributed by atoms with Gasteiger partial charge in [-0.05, 0) is 25.5 Å². The minimum Gasteiger partial charge on any atom is -0.367 e. The molecule has 0 spiro atoms. The van der Waals surface area contributed by atoms with Crippen LogP contribution in [0.25, 0.3) is 0 Å². The molecular weight excluding hydrogens is 328 g/mol. The lowest BCUT2D eigenvalue weighted by Crippen LogP contribution is -2.40. The second-order valence-corrected chi connectivity index (χ2v) is 6.22. The maximum Gasteiger partial charge on any atom is 0.224 e. The lowest BCUT2D eigenvalue weighted by atomic mass is 10.2. The van der Waals surface area contributed by atoms with Crippen LogP contribution in [0.1, 0.15) is 19.8 Å². The van der Waals surface area contributed by atoms with Crippen LogP contribution in [-0.4, -0.2) is 51.2 Å². The number of aryl methyl sites for hydroxylation is 1. The number of aromatic nitrogens is 3. The van der Waals surface area contributed by atoms with E-state index in [4.69, 9.17) is 0 Å². The molecular formula is C17H21F2N5O. The number of halogens is 2. The van der Waals surface area contributed by atoms with Crippen molar-refractivity contribution in [3.63, 3.8) is 0 Å². The van der Waals surface area contributed by atoms with Gasteiger partial charge < -0.3 is 9.80 Å². The van der Waals surface area contributed by atoms with E-state index in [-0.39, 0.29) is 11.9 Å². The van der Waals surface area contributed by atoms with Crippen molar-refractivity contribution in [1.82, 2.24) is 19.7 Å². The first kappa shape index (κ1) is 17.3. The molecule has 8 heteroatoms. The molecule has 2 aromatic rings. The monoisotopic (exact) mass is 349 g/mol. The summed E-state index contributed by atoms with van der Waals surface area (Å²) in [7, 11) is 0. The van der Waals surface area contributed by atoms with Crippen molar-refractivity contribution in [2.75, 3.05) is 24.5 Å². The van der Waals surface area contributed by atoms with E-state index < -0.39 is 11.6 Å². The fourth-order valence-corrected chi connectivity index (χ4v) is 3.11. The normalized spacial score (nSPS) is 18.3. The fraction of sp³-hybridized carbons (Fsp3) is 0.471. The number of carbonyl (C=O) groups excluding carboxylic acids is 1. The second-order valence-electron chi connectivity index (χ2n) is 6.22. The van der Waals surface area contributed by atoms with Gasteiger partial charge in [0.15, 0.2) is 0 Å². The Morgan fingerprint density at radius 2 is 2.12 bits per heavy atom. The van der Waals surface area contributed by atoms with E-state index in [1.165, 1.54) is 18.5 Å². The highest BCUT2D eigenvalue weighted by Gasteiger charge is 2.25. The molecule has 0 bridgehead atoms. The maximum absolute atomic E-state index is 14.0. The second kappa shape index (κ2) is 7.58. The van der Waals surface area contributed by atoms with E-state index in [0.29, 0.717) is 38.3 Å². The molecule has 1 fully saturated rings. The number of rotatable bonds is 4. The highest BCUT2D eigenvalue weighted by atomic mass is 19.1. The van der Waals surface area contributed by atoms with Gasteiger partial charge in [0.05, 0.1) is 12.2 Å². The summed E-state index contributed by atoms with van der Waals surface area (Å²) in [5, 5.41) is 3.99. The average Bonchev–Trinajstić information content (AvgIpc) is 3.02. The van der Waals surface area contributed by atoms with Crippen LogP contribution in [0.3, 0.4) is 0 Å². The van der Waals surface area contributed by atoms with Crippen molar-refractivity contribution in [3.8, 4) is 0 Å². The summed E-state index contributed by atoms with van der Waals surface area (Å²) in [6.45, 7) is 4.13. The Bertz CT molecular complexity index is 722. The molecule has 0 N–H and O–H groups in total. The van der Waals surface area contributed by atoms with Crippen molar-refractivity contribution >= 4 is 11.6 Å². The van der Waals surface area contributed by atoms with E-state index in [1.54, 1.807) is 11.0 Å². The molecule has 1 aliphatic rings. The van der Waals surface area contributed by atoms with Gasteiger partial charge in [-0.1, -0.05) is 0 Å². The lowest BCUT2D eigenvalue weighted by molar-refractivity contribution is -0.133. The highest BCUT2D eigenvalue weighted by molar-refractivity contribution is 5.76. The number of hydrogen-bond donors (Lipinski definition) is 0.